The number of hydrogen-bond donors (Lipinski definition) is 3. The fourth-order valence-corrected chi connectivity index (χ4v) is 4.36. The van der Waals surface area contributed by atoms with Crippen molar-refractivity contribution in [3.05, 3.63) is 12.2 Å². The number of carbonyl (C=O) groups excluding carboxylic acids is 1. The highest BCUT2D eigenvalue weighted by molar-refractivity contribution is 5.81. The summed E-state index contributed by atoms with van der Waals surface area (Å²) in [6, 6.07) is 0. The molecule has 0 aliphatic carbocycles. The van der Waals surface area contributed by atoms with Gasteiger partial charge in [0.2, 0.25) is 5.91 Å². The second-order valence-corrected chi connectivity index (χ2v) is 8.24. The number of aliphatic hydroxyl groups excluding tert-OH is 2. The van der Waals surface area contributed by atoms with E-state index in [1.54, 1.807) is 0 Å². The van der Waals surface area contributed by atoms with Crippen LogP contribution in [0.4, 0.5) is 0 Å². The Hall–Kier alpha value is -0.870. The molecule has 28 heavy (non-hydrogen) atoms. The number of nitrogens with two attached hydrogens (primary N) is 1. The Kier molecular flexibility index (Phi) is 17.6. The molecule has 0 aliphatic heterocycles. The van der Waals surface area contributed by atoms with Gasteiger partial charge in [-0.2, -0.15) is 0 Å². The van der Waals surface area contributed by atoms with Gasteiger partial charge in [-0.15, -0.1) is 0 Å². The molecule has 0 spiro atoms. The largest absolute Gasteiger partial charge is 0.396 e. The van der Waals surface area contributed by atoms with Crippen LogP contribution in [-0.2, 0) is 4.79 Å². The third-order valence-electron chi connectivity index (χ3n) is 6.20. The molecular weight excluding hydrogens is 350 g/mol. The van der Waals surface area contributed by atoms with E-state index in [4.69, 9.17) is 5.73 Å². The zero-order valence-corrected chi connectivity index (χ0v) is 18.6. The van der Waals surface area contributed by atoms with Crippen LogP contribution in [-0.4, -0.2) is 29.3 Å². The molecule has 1 unspecified atom stereocenters. The molecule has 0 bridgehead atoms. The molecule has 4 nitrogen and oxygen atoms in total. The fraction of sp³-hybridized carbons (Fsp3) is 0.875. The van der Waals surface area contributed by atoms with Gasteiger partial charge in [0, 0.05) is 13.2 Å². The van der Waals surface area contributed by atoms with E-state index in [1.165, 1.54) is 51.4 Å². The summed E-state index contributed by atoms with van der Waals surface area (Å²) < 4.78 is 0. The van der Waals surface area contributed by atoms with Crippen molar-refractivity contribution in [3.8, 4) is 0 Å². The first-order valence-corrected chi connectivity index (χ1v) is 11.8. The van der Waals surface area contributed by atoms with Crippen molar-refractivity contribution in [3.63, 3.8) is 0 Å². The van der Waals surface area contributed by atoms with E-state index in [0.717, 1.165) is 32.1 Å². The fourth-order valence-electron chi connectivity index (χ4n) is 4.36. The van der Waals surface area contributed by atoms with Gasteiger partial charge >= 0.3 is 0 Å². The van der Waals surface area contributed by atoms with Gasteiger partial charge in [-0.3, -0.25) is 4.79 Å². The lowest BCUT2D eigenvalue weighted by Crippen LogP contribution is -2.44. The van der Waals surface area contributed by atoms with Crippen LogP contribution in [0.3, 0.4) is 0 Å². The predicted molar refractivity (Wildman–Crippen MR) is 119 cm³/mol. The number of aliphatic hydroxyl groups is 2. The summed E-state index contributed by atoms with van der Waals surface area (Å²) in [7, 11) is 0. The van der Waals surface area contributed by atoms with Gasteiger partial charge in [-0.25, -0.2) is 0 Å². The number of primary amides is 1. The molecule has 1 amide bonds. The molecular formula is C24H47NO3. The Bertz CT molecular complexity index is 389. The zero-order valence-electron chi connectivity index (χ0n) is 18.6. The van der Waals surface area contributed by atoms with Gasteiger partial charge < -0.3 is 15.9 Å². The molecule has 0 aromatic heterocycles. The van der Waals surface area contributed by atoms with Crippen LogP contribution in [0.25, 0.3) is 0 Å². The van der Waals surface area contributed by atoms with E-state index in [-0.39, 0.29) is 25.0 Å². The van der Waals surface area contributed by atoms with Crippen molar-refractivity contribution >= 4 is 5.91 Å². The Labute approximate surface area is 174 Å². The Morgan fingerprint density at radius 2 is 1.36 bits per heavy atom. The Morgan fingerprint density at radius 1 is 0.857 bits per heavy atom. The molecule has 1 atom stereocenters. The van der Waals surface area contributed by atoms with Gasteiger partial charge in [-0.05, 0) is 50.9 Å². The maximum Gasteiger partial charge on any atom is 0.224 e. The minimum absolute atomic E-state index is 0.0666. The highest BCUT2D eigenvalue weighted by Gasteiger charge is 2.41. The summed E-state index contributed by atoms with van der Waals surface area (Å²) in [5, 5.41) is 18.8. The van der Waals surface area contributed by atoms with E-state index in [2.05, 4.69) is 26.0 Å². The van der Waals surface area contributed by atoms with Crippen LogP contribution in [0.15, 0.2) is 12.2 Å². The van der Waals surface area contributed by atoms with Gasteiger partial charge in [0.1, 0.15) is 0 Å². The number of amides is 1. The van der Waals surface area contributed by atoms with Crippen LogP contribution in [0, 0.1) is 11.3 Å². The summed E-state index contributed by atoms with van der Waals surface area (Å²) in [5.74, 6) is -0.243. The van der Waals surface area contributed by atoms with Crippen LogP contribution in [0.2, 0.25) is 0 Å². The van der Waals surface area contributed by atoms with Crippen molar-refractivity contribution in [2.45, 2.75) is 110 Å². The van der Waals surface area contributed by atoms with Crippen LogP contribution < -0.4 is 5.73 Å². The van der Waals surface area contributed by atoms with Gasteiger partial charge in [0.25, 0.3) is 0 Å². The maximum atomic E-state index is 12.1. The van der Waals surface area contributed by atoms with Crippen LogP contribution in [0.1, 0.15) is 110 Å². The molecule has 0 radical (unpaired) electrons. The minimum Gasteiger partial charge on any atom is -0.396 e. The molecule has 4 N–H and O–H groups in total. The Balaban J connectivity index is 4.05. The quantitative estimate of drug-likeness (QED) is 0.187. The summed E-state index contributed by atoms with van der Waals surface area (Å²) >= 11 is 0. The first kappa shape index (κ1) is 27.1. The first-order valence-electron chi connectivity index (χ1n) is 11.8. The summed E-state index contributed by atoms with van der Waals surface area (Å²) in [6.45, 7) is 4.19. The molecule has 0 saturated heterocycles. The first-order chi connectivity index (χ1) is 13.6. The number of rotatable bonds is 20. The van der Waals surface area contributed by atoms with Crippen molar-refractivity contribution < 1.29 is 15.0 Å². The third kappa shape index (κ3) is 11.2. The number of allylic oxidation sites excluding steroid dienone is 2. The Morgan fingerprint density at radius 3 is 1.82 bits per heavy atom. The molecule has 0 aromatic rings. The molecule has 0 aliphatic rings. The maximum absolute atomic E-state index is 12.1. The monoisotopic (exact) mass is 397 g/mol. The molecule has 0 heterocycles. The summed E-state index contributed by atoms with van der Waals surface area (Å²) in [6.07, 6.45) is 20.9. The van der Waals surface area contributed by atoms with E-state index in [0.29, 0.717) is 12.8 Å². The average Bonchev–Trinajstić information content (AvgIpc) is 2.68. The molecule has 0 saturated carbocycles. The standard InChI is InChI=1S/C24H47NO3/c1-3-5-6-7-8-9-10-11-12-13-14-15-16-17-22(4-2)24(18-20-26,19-21-27)23(25)28/h11-12,22,26-27H,3-10,13-21H2,1-2H3,(H2,25,28)/b12-11-. The number of unbranched alkanes of at least 4 members (excludes halogenated alkanes) is 9. The van der Waals surface area contributed by atoms with Crippen molar-refractivity contribution in [1.82, 2.24) is 0 Å². The SMILES string of the molecule is CCCCCCCC/C=C\CCCCCC(CC)C(CCO)(CCO)C(N)=O. The second kappa shape index (κ2) is 18.2. The topological polar surface area (TPSA) is 83.6 Å². The normalized spacial score (nSPS) is 13.3. The molecule has 0 rings (SSSR count). The molecule has 166 valence electrons. The average molecular weight is 398 g/mol. The smallest absolute Gasteiger partial charge is 0.224 e. The lowest BCUT2D eigenvalue weighted by Gasteiger charge is -2.37. The van der Waals surface area contributed by atoms with E-state index < -0.39 is 5.41 Å². The van der Waals surface area contributed by atoms with Crippen LogP contribution in [0.5, 0.6) is 0 Å². The minimum atomic E-state index is -0.769. The third-order valence-corrected chi connectivity index (χ3v) is 6.20. The van der Waals surface area contributed by atoms with Gasteiger partial charge in [0.15, 0.2) is 0 Å². The lowest BCUT2D eigenvalue weighted by molar-refractivity contribution is -0.134. The molecule has 4 heteroatoms. The van der Waals surface area contributed by atoms with Crippen molar-refractivity contribution in [1.29, 1.82) is 0 Å². The van der Waals surface area contributed by atoms with E-state index in [1.807, 2.05) is 0 Å². The highest BCUT2D eigenvalue weighted by atomic mass is 16.3. The predicted octanol–water partition coefficient (Wildman–Crippen LogP) is 5.51. The molecule has 0 fully saturated rings. The van der Waals surface area contributed by atoms with Crippen molar-refractivity contribution in [2.24, 2.45) is 17.1 Å². The van der Waals surface area contributed by atoms with E-state index >= 15 is 0 Å². The summed E-state index contributed by atoms with van der Waals surface area (Å²) in [5.41, 5.74) is 4.93. The second-order valence-electron chi connectivity index (χ2n) is 8.24. The highest BCUT2D eigenvalue weighted by Crippen LogP contribution is 2.40. The molecule has 0 aromatic carbocycles. The van der Waals surface area contributed by atoms with Gasteiger partial charge in [-0.1, -0.05) is 77.4 Å². The van der Waals surface area contributed by atoms with Gasteiger partial charge in [0.05, 0.1) is 5.41 Å². The van der Waals surface area contributed by atoms with Crippen LogP contribution >= 0.6 is 0 Å². The zero-order chi connectivity index (χ0) is 21.1. The number of hydrogen-bond acceptors (Lipinski definition) is 3. The lowest BCUT2D eigenvalue weighted by atomic mass is 9.67. The van der Waals surface area contributed by atoms with E-state index in [9.17, 15) is 15.0 Å². The number of carbonyl (C=O) groups is 1. The summed E-state index contributed by atoms with van der Waals surface area (Å²) in [4.78, 5) is 12.1. The van der Waals surface area contributed by atoms with Crippen molar-refractivity contribution in [2.75, 3.05) is 13.2 Å².